The van der Waals surface area contributed by atoms with Gasteiger partial charge < -0.3 is 5.32 Å². The summed E-state index contributed by atoms with van der Waals surface area (Å²) in [4.78, 5) is 15.9. The highest BCUT2D eigenvalue weighted by molar-refractivity contribution is 7.80. The summed E-state index contributed by atoms with van der Waals surface area (Å²) >= 11 is 10.2. The Morgan fingerprint density at radius 2 is 2.22 bits per heavy atom. The van der Waals surface area contributed by atoms with Crippen molar-refractivity contribution >= 4 is 30.1 Å². The van der Waals surface area contributed by atoms with Crippen molar-refractivity contribution in [1.29, 1.82) is 0 Å². The Bertz CT molecular complexity index is 556. The van der Waals surface area contributed by atoms with Crippen LogP contribution in [0.25, 0.3) is 5.69 Å². The lowest BCUT2D eigenvalue weighted by Crippen LogP contribution is -2.27. The molecule has 0 aliphatic heterocycles. The maximum atomic E-state index is 11.9. The van der Waals surface area contributed by atoms with E-state index in [0.717, 1.165) is 5.69 Å². The topological polar surface area (TPSA) is 46.9 Å². The van der Waals surface area contributed by atoms with E-state index in [1.807, 2.05) is 18.2 Å². The Balaban J connectivity index is 2.34. The molecule has 1 N–H and O–H groups in total. The highest BCUT2D eigenvalue weighted by atomic mass is 35.5. The summed E-state index contributed by atoms with van der Waals surface area (Å²) in [6, 6.07) is 7.30. The lowest BCUT2D eigenvalue weighted by Gasteiger charge is -2.09. The smallest absolute Gasteiger partial charge is 0.269 e. The summed E-state index contributed by atoms with van der Waals surface area (Å²) in [5, 5.41) is 3.31. The van der Waals surface area contributed by atoms with Crippen LogP contribution in [-0.4, -0.2) is 27.8 Å². The van der Waals surface area contributed by atoms with E-state index in [9.17, 15) is 4.79 Å². The number of benzene rings is 1. The SMILES string of the molecule is O=C(NCCS)c1cncn1-c1ccccc1Cl. The second-order valence-electron chi connectivity index (χ2n) is 3.58. The van der Waals surface area contributed by atoms with Crippen LogP contribution in [0.5, 0.6) is 0 Å². The largest absolute Gasteiger partial charge is 0.350 e. The van der Waals surface area contributed by atoms with Gasteiger partial charge in [0.25, 0.3) is 5.91 Å². The number of halogens is 1. The van der Waals surface area contributed by atoms with Gasteiger partial charge in [0.15, 0.2) is 0 Å². The molecule has 1 aromatic heterocycles. The van der Waals surface area contributed by atoms with Crippen molar-refractivity contribution in [3.63, 3.8) is 0 Å². The van der Waals surface area contributed by atoms with Gasteiger partial charge in [-0.25, -0.2) is 4.98 Å². The highest BCUT2D eigenvalue weighted by Crippen LogP contribution is 2.21. The minimum absolute atomic E-state index is 0.193. The standard InChI is InChI=1S/C12H12ClN3OS/c13-9-3-1-2-4-10(9)16-8-14-7-11(16)12(17)15-5-6-18/h1-4,7-8,18H,5-6H2,(H,15,17). The summed E-state index contributed by atoms with van der Waals surface area (Å²) in [6.45, 7) is 0.510. The first-order chi connectivity index (χ1) is 8.74. The van der Waals surface area contributed by atoms with Crippen LogP contribution in [-0.2, 0) is 0 Å². The van der Waals surface area contributed by atoms with Crippen LogP contribution in [0.4, 0.5) is 0 Å². The number of amides is 1. The van der Waals surface area contributed by atoms with E-state index >= 15 is 0 Å². The number of nitrogens with zero attached hydrogens (tertiary/aromatic N) is 2. The van der Waals surface area contributed by atoms with Gasteiger partial charge in [0.05, 0.1) is 23.2 Å². The van der Waals surface area contributed by atoms with Gasteiger partial charge in [-0.15, -0.1) is 0 Å². The lowest BCUT2D eigenvalue weighted by atomic mass is 10.3. The van der Waals surface area contributed by atoms with Crippen molar-refractivity contribution in [3.8, 4) is 5.69 Å². The third-order valence-corrected chi connectivity index (χ3v) is 2.92. The Hall–Kier alpha value is -1.46. The minimum Gasteiger partial charge on any atom is -0.350 e. The molecule has 2 aromatic rings. The predicted octanol–water partition coefficient (Wildman–Crippen LogP) is 2.19. The maximum absolute atomic E-state index is 11.9. The molecule has 6 heteroatoms. The number of rotatable bonds is 4. The van der Waals surface area contributed by atoms with Crippen LogP contribution in [0.3, 0.4) is 0 Å². The number of aromatic nitrogens is 2. The van der Waals surface area contributed by atoms with E-state index in [1.165, 1.54) is 6.20 Å². The summed E-state index contributed by atoms with van der Waals surface area (Å²) in [6.07, 6.45) is 3.08. The molecule has 18 heavy (non-hydrogen) atoms. The van der Waals surface area contributed by atoms with Gasteiger partial charge in [-0.1, -0.05) is 23.7 Å². The van der Waals surface area contributed by atoms with Crippen LogP contribution in [0.1, 0.15) is 10.5 Å². The zero-order valence-electron chi connectivity index (χ0n) is 9.51. The summed E-state index contributed by atoms with van der Waals surface area (Å²) in [5.74, 6) is 0.396. The molecule has 0 saturated carbocycles. The summed E-state index contributed by atoms with van der Waals surface area (Å²) in [7, 11) is 0. The molecular weight excluding hydrogens is 270 g/mol. The molecule has 0 bridgehead atoms. The van der Waals surface area contributed by atoms with E-state index in [4.69, 9.17) is 11.6 Å². The normalized spacial score (nSPS) is 10.3. The summed E-state index contributed by atoms with van der Waals surface area (Å²) < 4.78 is 1.66. The van der Waals surface area contributed by atoms with Crippen molar-refractivity contribution in [3.05, 3.63) is 47.5 Å². The second kappa shape index (κ2) is 5.93. The molecule has 94 valence electrons. The van der Waals surface area contributed by atoms with Gasteiger partial charge >= 0.3 is 0 Å². The van der Waals surface area contributed by atoms with E-state index in [-0.39, 0.29) is 5.91 Å². The fourth-order valence-electron chi connectivity index (χ4n) is 1.56. The number of carbonyl (C=O) groups is 1. The van der Waals surface area contributed by atoms with E-state index in [1.54, 1.807) is 17.0 Å². The number of imidazole rings is 1. The quantitative estimate of drug-likeness (QED) is 0.844. The molecule has 1 amide bonds. The van der Waals surface area contributed by atoms with Crippen molar-refractivity contribution in [2.45, 2.75) is 0 Å². The van der Waals surface area contributed by atoms with Crippen molar-refractivity contribution < 1.29 is 4.79 Å². The molecule has 0 aliphatic carbocycles. The predicted molar refractivity (Wildman–Crippen MR) is 74.8 cm³/mol. The monoisotopic (exact) mass is 281 g/mol. The number of hydrogen-bond donors (Lipinski definition) is 2. The van der Waals surface area contributed by atoms with Crippen LogP contribution in [0, 0.1) is 0 Å². The Morgan fingerprint density at radius 3 is 2.94 bits per heavy atom. The van der Waals surface area contributed by atoms with E-state index < -0.39 is 0 Å². The number of thiol groups is 1. The van der Waals surface area contributed by atoms with Gasteiger partial charge in [0.1, 0.15) is 5.69 Å². The number of nitrogens with one attached hydrogen (secondary N) is 1. The molecular formula is C12H12ClN3OS. The Kier molecular flexibility index (Phi) is 4.28. The molecule has 4 nitrogen and oxygen atoms in total. The van der Waals surface area contributed by atoms with Crippen molar-refractivity contribution in [2.75, 3.05) is 12.3 Å². The molecule has 2 rings (SSSR count). The molecule has 0 radical (unpaired) electrons. The maximum Gasteiger partial charge on any atom is 0.269 e. The number of carbonyl (C=O) groups excluding carboxylic acids is 1. The number of para-hydroxylation sites is 1. The zero-order valence-corrected chi connectivity index (χ0v) is 11.2. The summed E-state index contributed by atoms with van der Waals surface area (Å²) in [5.41, 5.74) is 1.18. The molecule has 1 heterocycles. The van der Waals surface area contributed by atoms with E-state index in [0.29, 0.717) is 23.0 Å². The van der Waals surface area contributed by atoms with Crippen LogP contribution in [0.2, 0.25) is 5.02 Å². The van der Waals surface area contributed by atoms with Gasteiger partial charge in [0.2, 0.25) is 0 Å². The fraction of sp³-hybridized carbons (Fsp3) is 0.167. The van der Waals surface area contributed by atoms with Gasteiger partial charge in [0, 0.05) is 12.3 Å². The fourth-order valence-corrected chi connectivity index (χ4v) is 1.90. The highest BCUT2D eigenvalue weighted by Gasteiger charge is 2.13. The molecule has 0 unspecified atom stereocenters. The first-order valence-electron chi connectivity index (χ1n) is 5.40. The van der Waals surface area contributed by atoms with Crippen LogP contribution in [0.15, 0.2) is 36.8 Å². The molecule has 0 spiro atoms. The molecule has 0 atom stereocenters. The molecule has 0 saturated heterocycles. The number of hydrogen-bond acceptors (Lipinski definition) is 3. The Morgan fingerprint density at radius 1 is 1.44 bits per heavy atom. The Labute approximate surface area is 115 Å². The molecule has 0 aliphatic rings. The first kappa shape index (κ1) is 13.0. The molecule has 0 fully saturated rings. The second-order valence-corrected chi connectivity index (χ2v) is 4.43. The zero-order chi connectivity index (χ0) is 13.0. The van der Waals surface area contributed by atoms with Crippen molar-refractivity contribution in [1.82, 2.24) is 14.9 Å². The third-order valence-electron chi connectivity index (χ3n) is 2.38. The first-order valence-corrected chi connectivity index (χ1v) is 6.41. The molecule has 1 aromatic carbocycles. The van der Waals surface area contributed by atoms with Crippen LogP contribution >= 0.6 is 24.2 Å². The van der Waals surface area contributed by atoms with Crippen LogP contribution < -0.4 is 5.32 Å². The third kappa shape index (κ3) is 2.68. The van der Waals surface area contributed by atoms with E-state index in [2.05, 4.69) is 22.9 Å². The average Bonchev–Trinajstić information content (AvgIpc) is 2.85. The average molecular weight is 282 g/mol. The van der Waals surface area contributed by atoms with Gasteiger partial charge in [-0.05, 0) is 12.1 Å². The van der Waals surface area contributed by atoms with Gasteiger partial charge in [-0.3, -0.25) is 9.36 Å². The van der Waals surface area contributed by atoms with Crippen molar-refractivity contribution in [2.24, 2.45) is 0 Å². The lowest BCUT2D eigenvalue weighted by molar-refractivity contribution is 0.0949. The minimum atomic E-state index is -0.193. The van der Waals surface area contributed by atoms with Gasteiger partial charge in [-0.2, -0.15) is 12.6 Å².